The summed E-state index contributed by atoms with van der Waals surface area (Å²) in [5, 5.41) is 13.3. The highest BCUT2D eigenvalue weighted by molar-refractivity contribution is 6.31. The van der Waals surface area contributed by atoms with Crippen molar-refractivity contribution in [2.75, 3.05) is 6.54 Å². The van der Waals surface area contributed by atoms with Crippen LogP contribution in [0, 0.1) is 5.82 Å². The highest BCUT2D eigenvalue weighted by atomic mass is 35.5. The molecule has 1 aliphatic rings. The van der Waals surface area contributed by atoms with Crippen LogP contribution in [0.1, 0.15) is 33.2 Å². The first-order chi connectivity index (χ1) is 10.1. The quantitative estimate of drug-likeness (QED) is 0.896. The van der Waals surface area contributed by atoms with E-state index in [0.29, 0.717) is 17.7 Å². The van der Waals surface area contributed by atoms with Crippen molar-refractivity contribution in [1.29, 1.82) is 0 Å². The maximum Gasteiger partial charge on any atom is 0.251 e. The Morgan fingerprint density at radius 1 is 1.29 bits per heavy atom. The number of carbonyl (C=O) groups excluding carboxylic acids is 1. The minimum Gasteiger partial charge on any atom is -0.383 e. The molecule has 3 nitrogen and oxygen atoms in total. The predicted molar refractivity (Wildman–Crippen MR) is 78.0 cm³/mol. The van der Waals surface area contributed by atoms with Gasteiger partial charge in [0.1, 0.15) is 11.9 Å². The summed E-state index contributed by atoms with van der Waals surface area (Å²) >= 11 is 5.97. The van der Waals surface area contributed by atoms with Gasteiger partial charge in [-0.1, -0.05) is 29.8 Å². The average Bonchev–Trinajstić information content (AvgIpc) is 2.47. The molecule has 0 saturated carbocycles. The zero-order valence-corrected chi connectivity index (χ0v) is 11.8. The Labute approximate surface area is 126 Å². The number of aliphatic hydroxyl groups excluding tert-OH is 1. The van der Waals surface area contributed by atoms with Crippen molar-refractivity contribution < 1.29 is 14.3 Å². The van der Waals surface area contributed by atoms with Gasteiger partial charge in [-0.25, -0.2) is 4.39 Å². The summed E-state index contributed by atoms with van der Waals surface area (Å²) in [4.78, 5) is 11.8. The van der Waals surface area contributed by atoms with E-state index in [-0.39, 0.29) is 16.5 Å². The van der Waals surface area contributed by atoms with Crippen LogP contribution in [0.5, 0.6) is 0 Å². The Hall–Kier alpha value is -1.91. The van der Waals surface area contributed by atoms with E-state index in [1.165, 1.54) is 18.2 Å². The summed E-state index contributed by atoms with van der Waals surface area (Å²) in [6, 6.07) is 9.33. The summed E-state index contributed by atoms with van der Waals surface area (Å²) in [7, 11) is 0. The first kappa shape index (κ1) is 14.0. The van der Waals surface area contributed by atoms with Gasteiger partial charge in [0, 0.05) is 22.7 Å². The molecule has 0 fully saturated rings. The molecule has 0 saturated heterocycles. The Kier molecular flexibility index (Phi) is 3.66. The van der Waals surface area contributed by atoms with E-state index in [9.17, 15) is 14.3 Å². The van der Waals surface area contributed by atoms with Crippen LogP contribution in [-0.4, -0.2) is 17.6 Å². The molecule has 1 amide bonds. The molecule has 0 aliphatic carbocycles. The first-order valence-electron chi connectivity index (χ1n) is 6.61. The van der Waals surface area contributed by atoms with Crippen molar-refractivity contribution in [3.63, 3.8) is 0 Å². The lowest BCUT2D eigenvalue weighted by Gasteiger charge is -2.19. The molecule has 2 N–H and O–H groups in total. The highest BCUT2D eigenvalue weighted by Gasteiger charge is 2.22. The van der Waals surface area contributed by atoms with Gasteiger partial charge in [0.05, 0.1) is 0 Å². The number of nitrogens with one attached hydrogen (secondary N) is 1. The molecular formula is C16H13ClFNO2. The van der Waals surface area contributed by atoms with Crippen LogP contribution < -0.4 is 5.32 Å². The van der Waals surface area contributed by atoms with Crippen molar-refractivity contribution >= 4 is 17.5 Å². The normalized spacial score (nSPS) is 15.3. The van der Waals surface area contributed by atoms with E-state index in [0.717, 1.165) is 12.0 Å². The molecule has 21 heavy (non-hydrogen) atoms. The average molecular weight is 306 g/mol. The number of amides is 1. The second kappa shape index (κ2) is 5.47. The van der Waals surface area contributed by atoms with Crippen LogP contribution in [0.4, 0.5) is 4.39 Å². The lowest BCUT2D eigenvalue weighted by molar-refractivity contribution is 0.0945. The van der Waals surface area contributed by atoms with E-state index >= 15 is 0 Å². The standard InChI is InChI=1S/C16H13ClFNO2/c17-12-2-1-3-13(18)14(12)15(20)10-5-4-9-6-7-19-16(21)11(9)8-10/h1-5,8,15,20H,6-7H2,(H,19,21). The van der Waals surface area contributed by atoms with E-state index < -0.39 is 11.9 Å². The summed E-state index contributed by atoms with van der Waals surface area (Å²) in [5.74, 6) is -0.748. The Morgan fingerprint density at radius 2 is 2.10 bits per heavy atom. The molecule has 1 aliphatic heterocycles. The molecule has 3 rings (SSSR count). The lowest BCUT2D eigenvalue weighted by Crippen LogP contribution is -2.31. The second-order valence-corrected chi connectivity index (χ2v) is 5.37. The van der Waals surface area contributed by atoms with E-state index in [1.54, 1.807) is 18.2 Å². The number of hydrogen-bond donors (Lipinski definition) is 2. The molecule has 0 aromatic heterocycles. The van der Waals surface area contributed by atoms with Crippen molar-refractivity contribution in [3.8, 4) is 0 Å². The molecule has 2 aromatic rings. The van der Waals surface area contributed by atoms with Crippen LogP contribution >= 0.6 is 11.6 Å². The zero-order valence-electron chi connectivity index (χ0n) is 11.1. The molecule has 0 spiro atoms. The molecule has 1 heterocycles. The molecular weight excluding hydrogens is 293 g/mol. The molecule has 1 unspecified atom stereocenters. The minimum absolute atomic E-state index is 0.0235. The van der Waals surface area contributed by atoms with Gasteiger partial charge in [-0.2, -0.15) is 0 Å². The number of hydrogen-bond acceptors (Lipinski definition) is 2. The predicted octanol–water partition coefficient (Wildman–Crippen LogP) is 2.85. The minimum atomic E-state index is -1.21. The van der Waals surface area contributed by atoms with E-state index in [2.05, 4.69) is 5.32 Å². The van der Waals surface area contributed by atoms with Gasteiger partial charge in [0.2, 0.25) is 0 Å². The topological polar surface area (TPSA) is 49.3 Å². The summed E-state index contributed by atoms with van der Waals surface area (Å²) in [5.41, 5.74) is 1.91. The number of carbonyl (C=O) groups is 1. The number of benzene rings is 2. The van der Waals surface area contributed by atoms with Crippen LogP contribution in [0.3, 0.4) is 0 Å². The number of fused-ring (bicyclic) bond motifs is 1. The maximum atomic E-state index is 13.9. The lowest BCUT2D eigenvalue weighted by atomic mass is 9.93. The summed E-state index contributed by atoms with van der Waals surface area (Å²) in [6.45, 7) is 0.604. The summed E-state index contributed by atoms with van der Waals surface area (Å²) < 4.78 is 13.9. The van der Waals surface area contributed by atoms with Crippen LogP contribution in [0.25, 0.3) is 0 Å². The van der Waals surface area contributed by atoms with Crippen molar-refractivity contribution in [1.82, 2.24) is 5.32 Å². The van der Waals surface area contributed by atoms with Gasteiger partial charge in [0.25, 0.3) is 5.91 Å². The van der Waals surface area contributed by atoms with Crippen LogP contribution in [0.2, 0.25) is 5.02 Å². The fraction of sp³-hybridized carbons (Fsp3) is 0.188. The molecule has 1 atom stereocenters. The molecule has 0 bridgehead atoms. The Balaban J connectivity index is 2.05. The highest BCUT2D eigenvalue weighted by Crippen LogP contribution is 2.31. The fourth-order valence-corrected chi connectivity index (χ4v) is 2.80. The zero-order chi connectivity index (χ0) is 15.0. The van der Waals surface area contributed by atoms with Crippen molar-refractivity contribution in [2.45, 2.75) is 12.5 Å². The van der Waals surface area contributed by atoms with E-state index in [4.69, 9.17) is 11.6 Å². The third kappa shape index (κ3) is 2.52. The monoisotopic (exact) mass is 305 g/mol. The van der Waals surface area contributed by atoms with Gasteiger partial charge < -0.3 is 10.4 Å². The number of aliphatic hydroxyl groups is 1. The molecule has 5 heteroatoms. The molecule has 0 radical (unpaired) electrons. The van der Waals surface area contributed by atoms with Crippen LogP contribution in [-0.2, 0) is 6.42 Å². The third-order valence-electron chi connectivity index (χ3n) is 3.65. The maximum absolute atomic E-state index is 13.9. The third-order valence-corrected chi connectivity index (χ3v) is 3.98. The van der Waals surface area contributed by atoms with Gasteiger partial charge in [-0.15, -0.1) is 0 Å². The molecule has 108 valence electrons. The Bertz CT molecular complexity index is 697. The van der Waals surface area contributed by atoms with E-state index in [1.807, 2.05) is 0 Å². The largest absolute Gasteiger partial charge is 0.383 e. The first-order valence-corrected chi connectivity index (χ1v) is 6.98. The summed E-state index contributed by atoms with van der Waals surface area (Å²) in [6.07, 6.45) is -0.462. The van der Waals surface area contributed by atoms with Crippen LogP contribution in [0.15, 0.2) is 36.4 Å². The second-order valence-electron chi connectivity index (χ2n) is 4.96. The van der Waals surface area contributed by atoms with Crippen molar-refractivity contribution in [3.05, 3.63) is 69.5 Å². The smallest absolute Gasteiger partial charge is 0.251 e. The molecule has 2 aromatic carbocycles. The van der Waals surface area contributed by atoms with Gasteiger partial charge in [-0.05, 0) is 35.7 Å². The van der Waals surface area contributed by atoms with Crippen molar-refractivity contribution in [2.24, 2.45) is 0 Å². The van der Waals surface area contributed by atoms with Gasteiger partial charge >= 0.3 is 0 Å². The Morgan fingerprint density at radius 3 is 2.86 bits per heavy atom. The SMILES string of the molecule is O=C1NCCc2ccc(C(O)c3c(F)cccc3Cl)cc21. The number of halogens is 2. The fourth-order valence-electron chi connectivity index (χ4n) is 2.54. The van der Waals surface area contributed by atoms with Gasteiger partial charge in [0.15, 0.2) is 0 Å². The number of rotatable bonds is 2. The van der Waals surface area contributed by atoms with Gasteiger partial charge in [-0.3, -0.25) is 4.79 Å².